The van der Waals surface area contributed by atoms with Crippen molar-refractivity contribution < 1.29 is 9.13 Å². The third-order valence-corrected chi connectivity index (χ3v) is 5.00. The summed E-state index contributed by atoms with van der Waals surface area (Å²) in [6, 6.07) is 14.3. The van der Waals surface area contributed by atoms with Gasteiger partial charge in [0.2, 0.25) is 0 Å². The molecule has 1 aromatic heterocycles. The number of nitrogens with zero attached hydrogens (tertiary/aromatic N) is 3. The number of hydrogen-bond donors (Lipinski definition) is 0. The summed E-state index contributed by atoms with van der Waals surface area (Å²) in [5.74, 6) is 1.38. The zero-order valence-electron chi connectivity index (χ0n) is 13.7. The highest BCUT2D eigenvalue weighted by Gasteiger charge is 2.15. The van der Waals surface area contributed by atoms with E-state index in [4.69, 9.17) is 4.74 Å². The summed E-state index contributed by atoms with van der Waals surface area (Å²) in [5, 5.41) is 9.55. The predicted octanol–water partition coefficient (Wildman–Crippen LogP) is 4.48. The highest BCUT2D eigenvalue weighted by atomic mass is 32.2. The lowest BCUT2D eigenvalue weighted by molar-refractivity contribution is 0.415. The predicted molar refractivity (Wildman–Crippen MR) is 93.7 cm³/mol. The number of methoxy groups -OCH3 is 1. The molecule has 0 aliphatic heterocycles. The van der Waals surface area contributed by atoms with E-state index in [0.29, 0.717) is 0 Å². The number of hydrogen-bond acceptors (Lipinski definition) is 4. The molecule has 2 aromatic carbocycles. The van der Waals surface area contributed by atoms with Gasteiger partial charge in [-0.05, 0) is 48.9 Å². The van der Waals surface area contributed by atoms with Crippen LogP contribution >= 0.6 is 11.8 Å². The minimum atomic E-state index is -0.226. The van der Waals surface area contributed by atoms with E-state index in [1.54, 1.807) is 31.0 Å². The fraction of sp³-hybridized carbons (Fsp3) is 0.222. The van der Waals surface area contributed by atoms with E-state index in [1.807, 2.05) is 35.9 Å². The summed E-state index contributed by atoms with van der Waals surface area (Å²) < 4.78 is 20.2. The van der Waals surface area contributed by atoms with Gasteiger partial charge in [0, 0.05) is 17.9 Å². The smallest absolute Gasteiger partial charge is 0.191 e. The van der Waals surface area contributed by atoms with Gasteiger partial charge in [0.15, 0.2) is 11.0 Å². The van der Waals surface area contributed by atoms with Crippen LogP contribution in [0.15, 0.2) is 53.7 Å². The largest absolute Gasteiger partial charge is 0.497 e. The molecular formula is C18H18FN3OS. The first-order chi connectivity index (χ1) is 11.6. The monoisotopic (exact) mass is 343 g/mol. The molecule has 0 fully saturated rings. The molecule has 24 heavy (non-hydrogen) atoms. The van der Waals surface area contributed by atoms with E-state index < -0.39 is 0 Å². The molecule has 0 spiro atoms. The Morgan fingerprint density at radius 2 is 1.71 bits per heavy atom. The van der Waals surface area contributed by atoms with Gasteiger partial charge in [-0.3, -0.25) is 0 Å². The van der Waals surface area contributed by atoms with Crippen LogP contribution < -0.4 is 4.74 Å². The fourth-order valence-electron chi connectivity index (χ4n) is 2.37. The SMILES string of the molecule is COc1ccc(-c2nnc(S[C@H](C)c3ccc(F)cc3)n2C)cc1. The quantitative estimate of drug-likeness (QED) is 0.640. The average Bonchev–Trinajstić information content (AvgIpc) is 2.96. The molecule has 0 saturated carbocycles. The Morgan fingerprint density at radius 1 is 1.04 bits per heavy atom. The van der Waals surface area contributed by atoms with E-state index in [1.165, 1.54) is 12.1 Å². The second-order valence-electron chi connectivity index (χ2n) is 5.41. The maximum absolute atomic E-state index is 13.0. The van der Waals surface area contributed by atoms with Crippen LogP contribution in [0.1, 0.15) is 17.7 Å². The van der Waals surface area contributed by atoms with Crippen LogP contribution in [-0.4, -0.2) is 21.9 Å². The maximum atomic E-state index is 13.0. The van der Waals surface area contributed by atoms with Crippen LogP contribution in [0.2, 0.25) is 0 Å². The molecule has 0 radical (unpaired) electrons. The van der Waals surface area contributed by atoms with E-state index in [2.05, 4.69) is 17.1 Å². The lowest BCUT2D eigenvalue weighted by Crippen LogP contribution is -1.97. The molecule has 0 aliphatic carbocycles. The second kappa shape index (κ2) is 7.05. The lowest BCUT2D eigenvalue weighted by atomic mass is 10.2. The normalized spacial score (nSPS) is 12.2. The molecule has 3 aromatic rings. The molecule has 0 N–H and O–H groups in total. The number of thioether (sulfide) groups is 1. The van der Waals surface area contributed by atoms with Crippen LogP contribution in [0, 0.1) is 5.82 Å². The third-order valence-electron chi connectivity index (χ3n) is 3.80. The Kier molecular flexibility index (Phi) is 4.85. The number of benzene rings is 2. The van der Waals surface area contributed by atoms with Crippen molar-refractivity contribution in [1.82, 2.24) is 14.8 Å². The van der Waals surface area contributed by atoms with Gasteiger partial charge >= 0.3 is 0 Å². The van der Waals surface area contributed by atoms with Gasteiger partial charge in [0.05, 0.1) is 7.11 Å². The summed E-state index contributed by atoms with van der Waals surface area (Å²) >= 11 is 1.59. The highest BCUT2D eigenvalue weighted by molar-refractivity contribution is 7.99. The molecule has 124 valence electrons. The second-order valence-corrected chi connectivity index (χ2v) is 6.71. The number of halogens is 1. The standard InChI is InChI=1S/C18H18FN3OS/c1-12(13-4-8-15(19)9-5-13)24-18-21-20-17(22(18)2)14-6-10-16(23-3)11-7-14/h4-12H,1-3H3/t12-/m1/s1. The molecule has 0 bridgehead atoms. The van der Waals surface area contributed by atoms with Crippen molar-refractivity contribution >= 4 is 11.8 Å². The molecule has 0 saturated heterocycles. The van der Waals surface area contributed by atoms with E-state index in [-0.39, 0.29) is 11.1 Å². The zero-order valence-corrected chi connectivity index (χ0v) is 14.5. The minimum absolute atomic E-state index is 0.150. The van der Waals surface area contributed by atoms with Gasteiger partial charge < -0.3 is 9.30 Å². The Morgan fingerprint density at radius 3 is 2.33 bits per heavy atom. The molecule has 4 nitrogen and oxygen atoms in total. The summed E-state index contributed by atoms with van der Waals surface area (Å²) in [4.78, 5) is 0. The highest BCUT2D eigenvalue weighted by Crippen LogP contribution is 2.35. The van der Waals surface area contributed by atoms with Crippen molar-refractivity contribution in [3.05, 3.63) is 59.9 Å². The zero-order chi connectivity index (χ0) is 17.1. The summed E-state index contributed by atoms with van der Waals surface area (Å²) in [6.45, 7) is 2.07. The topological polar surface area (TPSA) is 39.9 Å². The van der Waals surface area contributed by atoms with Crippen molar-refractivity contribution in [3.8, 4) is 17.1 Å². The van der Waals surface area contributed by atoms with Gasteiger partial charge in [0.1, 0.15) is 11.6 Å². The molecular weight excluding hydrogens is 325 g/mol. The molecule has 1 heterocycles. The van der Waals surface area contributed by atoms with Crippen LogP contribution in [0.25, 0.3) is 11.4 Å². The van der Waals surface area contributed by atoms with E-state index in [0.717, 1.165) is 27.9 Å². The minimum Gasteiger partial charge on any atom is -0.497 e. The molecule has 0 aliphatic rings. The van der Waals surface area contributed by atoms with Crippen molar-refractivity contribution in [1.29, 1.82) is 0 Å². The van der Waals surface area contributed by atoms with Gasteiger partial charge in [-0.1, -0.05) is 23.9 Å². The lowest BCUT2D eigenvalue weighted by Gasteiger charge is -2.11. The molecule has 6 heteroatoms. The van der Waals surface area contributed by atoms with Crippen molar-refractivity contribution in [3.63, 3.8) is 0 Å². The summed E-state index contributed by atoms with van der Waals surface area (Å²) in [7, 11) is 3.59. The number of aromatic nitrogens is 3. The molecule has 0 unspecified atom stereocenters. The Hall–Kier alpha value is -2.34. The maximum Gasteiger partial charge on any atom is 0.191 e. The van der Waals surface area contributed by atoms with Crippen LogP contribution in [0.5, 0.6) is 5.75 Å². The Balaban J connectivity index is 1.80. The summed E-state index contributed by atoms with van der Waals surface area (Å²) in [5.41, 5.74) is 2.03. The molecule has 0 amide bonds. The average molecular weight is 343 g/mol. The van der Waals surface area contributed by atoms with Gasteiger partial charge in [-0.25, -0.2) is 4.39 Å². The van der Waals surface area contributed by atoms with Crippen molar-refractivity contribution in [2.75, 3.05) is 7.11 Å². The molecule has 3 rings (SSSR count). The Labute approximate surface area is 144 Å². The summed E-state index contributed by atoms with van der Waals surface area (Å²) in [6.07, 6.45) is 0. The first kappa shape index (κ1) is 16.5. The van der Waals surface area contributed by atoms with Crippen LogP contribution in [0.3, 0.4) is 0 Å². The fourth-order valence-corrected chi connectivity index (χ4v) is 3.31. The number of rotatable bonds is 5. The third kappa shape index (κ3) is 3.43. The van der Waals surface area contributed by atoms with Gasteiger partial charge in [-0.15, -0.1) is 10.2 Å². The first-order valence-corrected chi connectivity index (χ1v) is 8.42. The number of ether oxygens (including phenoxy) is 1. The van der Waals surface area contributed by atoms with Gasteiger partial charge in [0.25, 0.3) is 0 Å². The van der Waals surface area contributed by atoms with Crippen molar-refractivity contribution in [2.45, 2.75) is 17.3 Å². The van der Waals surface area contributed by atoms with Crippen molar-refractivity contribution in [2.24, 2.45) is 7.05 Å². The first-order valence-electron chi connectivity index (χ1n) is 7.54. The molecule has 1 atom stereocenters. The van der Waals surface area contributed by atoms with E-state index in [9.17, 15) is 4.39 Å². The Bertz CT molecular complexity index is 815. The van der Waals surface area contributed by atoms with Crippen LogP contribution in [-0.2, 0) is 7.05 Å². The van der Waals surface area contributed by atoms with Crippen LogP contribution in [0.4, 0.5) is 4.39 Å². The van der Waals surface area contributed by atoms with Gasteiger partial charge in [-0.2, -0.15) is 0 Å². The van der Waals surface area contributed by atoms with E-state index >= 15 is 0 Å².